The minimum absolute atomic E-state index is 0.641. The van der Waals surface area contributed by atoms with Gasteiger partial charge in [0.1, 0.15) is 12.4 Å². The summed E-state index contributed by atoms with van der Waals surface area (Å²) in [6.45, 7) is 0.939. The molecular formula is C8H12BF4N3. The molecule has 0 fully saturated rings. The van der Waals surface area contributed by atoms with Crippen LogP contribution < -0.4 is 4.57 Å². The first-order valence-corrected chi connectivity index (χ1v) is 4.58. The van der Waals surface area contributed by atoms with Crippen LogP contribution in [0, 0.1) is 11.3 Å². The third-order valence-electron chi connectivity index (χ3n) is 1.53. The fourth-order valence-corrected chi connectivity index (χ4v) is 0.975. The average molecular weight is 237 g/mol. The number of hydrogen-bond acceptors (Lipinski definition) is 1. The van der Waals surface area contributed by atoms with Gasteiger partial charge in [-0.05, 0) is 6.42 Å². The van der Waals surface area contributed by atoms with Crippen molar-refractivity contribution >= 4 is 7.25 Å². The summed E-state index contributed by atoms with van der Waals surface area (Å²) < 4.78 is 43.1. The second-order valence-corrected chi connectivity index (χ2v) is 3.07. The van der Waals surface area contributed by atoms with Gasteiger partial charge >= 0.3 is 7.25 Å². The fourth-order valence-electron chi connectivity index (χ4n) is 0.975. The van der Waals surface area contributed by atoms with E-state index in [1.54, 1.807) is 0 Å². The summed E-state index contributed by atoms with van der Waals surface area (Å²) in [5, 5.41) is 8.29. The standard InChI is InChI=1S/C8H12N3.BF4/c1-10-6-7-11(8-10)5-3-2-4-9;2-1(3,4)5/h6-8H,2-3,5H2,1H3;/q+1;-1. The molecule has 0 unspecified atom stereocenters. The van der Waals surface area contributed by atoms with Crippen LogP contribution in [0.4, 0.5) is 17.3 Å². The highest BCUT2D eigenvalue weighted by Crippen LogP contribution is 2.06. The molecule has 1 aromatic rings. The van der Waals surface area contributed by atoms with E-state index in [4.69, 9.17) is 5.26 Å². The number of halogens is 4. The number of aryl methyl sites for hydroxylation is 2. The SMILES string of the molecule is C[n+]1ccn(CCCC#N)c1.F[B-](F)(F)F. The molecule has 0 aliphatic rings. The number of nitrogens with zero attached hydrogens (tertiary/aromatic N) is 3. The molecule has 0 saturated carbocycles. The van der Waals surface area contributed by atoms with Crippen molar-refractivity contribution in [2.75, 3.05) is 0 Å². The molecule has 0 aromatic carbocycles. The molecule has 0 bridgehead atoms. The number of nitriles is 1. The van der Waals surface area contributed by atoms with Crippen molar-refractivity contribution in [1.29, 1.82) is 5.26 Å². The van der Waals surface area contributed by atoms with E-state index in [1.807, 2.05) is 30.3 Å². The van der Waals surface area contributed by atoms with Gasteiger partial charge in [-0.1, -0.05) is 0 Å². The Morgan fingerprint density at radius 2 is 1.94 bits per heavy atom. The molecule has 1 rings (SSSR count). The van der Waals surface area contributed by atoms with Crippen LogP contribution in [-0.2, 0) is 13.6 Å². The number of imidazole rings is 1. The lowest BCUT2D eigenvalue weighted by molar-refractivity contribution is -0.671. The van der Waals surface area contributed by atoms with Crippen LogP contribution in [0.5, 0.6) is 0 Å². The number of hydrogen-bond donors (Lipinski definition) is 0. The predicted octanol–water partition coefficient (Wildman–Crippen LogP) is 1.92. The third kappa shape index (κ3) is 10.6. The van der Waals surface area contributed by atoms with E-state index in [9.17, 15) is 17.3 Å². The van der Waals surface area contributed by atoms with Crippen molar-refractivity contribution in [3.63, 3.8) is 0 Å². The molecule has 0 spiro atoms. The lowest BCUT2D eigenvalue weighted by Crippen LogP contribution is -2.23. The van der Waals surface area contributed by atoms with E-state index in [0.29, 0.717) is 6.42 Å². The Morgan fingerprint density at radius 3 is 2.31 bits per heavy atom. The van der Waals surface area contributed by atoms with Crippen LogP contribution in [0.1, 0.15) is 12.8 Å². The minimum Gasteiger partial charge on any atom is -0.418 e. The zero-order chi connectivity index (χ0) is 12.6. The molecule has 3 nitrogen and oxygen atoms in total. The maximum absolute atomic E-state index is 9.75. The summed E-state index contributed by atoms with van der Waals surface area (Å²) in [7, 11) is -4.01. The average Bonchev–Trinajstić information content (AvgIpc) is 2.49. The highest BCUT2D eigenvalue weighted by atomic mass is 19.5. The first-order chi connectivity index (χ1) is 7.33. The smallest absolute Gasteiger partial charge is 0.418 e. The van der Waals surface area contributed by atoms with Gasteiger partial charge in [0.15, 0.2) is 0 Å². The van der Waals surface area contributed by atoms with E-state index >= 15 is 0 Å². The maximum atomic E-state index is 9.75. The maximum Gasteiger partial charge on any atom is 0.673 e. The molecule has 16 heavy (non-hydrogen) atoms. The van der Waals surface area contributed by atoms with Crippen molar-refractivity contribution in [2.45, 2.75) is 19.4 Å². The van der Waals surface area contributed by atoms with Crippen molar-refractivity contribution in [2.24, 2.45) is 7.05 Å². The molecule has 0 atom stereocenters. The zero-order valence-electron chi connectivity index (χ0n) is 8.78. The Kier molecular flexibility index (Phi) is 6.22. The van der Waals surface area contributed by atoms with E-state index < -0.39 is 7.25 Å². The normalized spacial score (nSPS) is 10.2. The molecule has 0 amide bonds. The minimum atomic E-state index is -6.00. The van der Waals surface area contributed by atoms with Crippen molar-refractivity contribution in [1.82, 2.24) is 4.57 Å². The number of unbranched alkanes of at least 4 members (excludes halogenated alkanes) is 1. The Bertz CT molecular complexity index is 336. The van der Waals surface area contributed by atoms with E-state index in [1.165, 1.54) is 0 Å². The van der Waals surface area contributed by atoms with Crippen LogP contribution >= 0.6 is 0 Å². The van der Waals surface area contributed by atoms with Gasteiger partial charge in [-0.15, -0.1) is 0 Å². The number of aromatic nitrogens is 2. The Morgan fingerprint density at radius 1 is 1.38 bits per heavy atom. The molecule has 90 valence electrons. The van der Waals surface area contributed by atoms with Crippen molar-refractivity contribution in [3.8, 4) is 6.07 Å². The van der Waals surface area contributed by atoms with Crippen molar-refractivity contribution in [3.05, 3.63) is 18.7 Å². The van der Waals surface area contributed by atoms with Gasteiger partial charge in [0.2, 0.25) is 6.33 Å². The van der Waals surface area contributed by atoms with Crippen LogP contribution in [-0.4, -0.2) is 11.8 Å². The Balaban J connectivity index is 0.000000385. The first kappa shape index (κ1) is 14.5. The second-order valence-electron chi connectivity index (χ2n) is 3.07. The Hall–Kier alpha value is -1.52. The summed E-state index contributed by atoms with van der Waals surface area (Å²) in [6.07, 6.45) is 7.59. The number of rotatable bonds is 3. The van der Waals surface area contributed by atoms with Gasteiger partial charge < -0.3 is 17.3 Å². The van der Waals surface area contributed by atoms with Gasteiger partial charge in [0.05, 0.1) is 19.7 Å². The van der Waals surface area contributed by atoms with Gasteiger partial charge in [0.25, 0.3) is 0 Å². The van der Waals surface area contributed by atoms with Crippen molar-refractivity contribution < 1.29 is 21.8 Å². The molecule has 1 aromatic heterocycles. The van der Waals surface area contributed by atoms with E-state index in [-0.39, 0.29) is 0 Å². The predicted molar refractivity (Wildman–Crippen MR) is 50.6 cm³/mol. The van der Waals surface area contributed by atoms with Gasteiger partial charge in [-0.3, -0.25) is 0 Å². The topological polar surface area (TPSA) is 32.6 Å². The van der Waals surface area contributed by atoms with Gasteiger partial charge in [0, 0.05) is 6.42 Å². The molecule has 0 N–H and O–H groups in total. The lowest BCUT2D eigenvalue weighted by atomic mass is 10.3. The summed E-state index contributed by atoms with van der Waals surface area (Å²) in [4.78, 5) is 0. The van der Waals surface area contributed by atoms with Gasteiger partial charge in [-0.25, -0.2) is 9.13 Å². The third-order valence-corrected chi connectivity index (χ3v) is 1.53. The van der Waals surface area contributed by atoms with Crippen LogP contribution in [0.2, 0.25) is 0 Å². The highest BCUT2D eigenvalue weighted by Gasteiger charge is 2.20. The summed E-state index contributed by atoms with van der Waals surface area (Å²) in [6, 6.07) is 2.12. The second kappa shape index (κ2) is 6.88. The zero-order valence-corrected chi connectivity index (χ0v) is 8.78. The lowest BCUT2D eigenvalue weighted by Gasteiger charge is -1.94. The molecular weight excluding hydrogens is 225 g/mol. The largest absolute Gasteiger partial charge is 0.673 e. The van der Waals surface area contributed by atoms with Crippen LogP contribution in [0.15, 0.2) is 18.7 Å². The Labute approximate surface area is 91.0 Å². The molecule has 0 aliphatic carbocycles. The van der Waals surface area contributed by atoms with E-state index in [0.717, 1.165) is 13.0 Å². The summed E-state index contributed by atoms with van der Waals surface area (Å²) >= 11 is 0. The summed E-state index contributed by atoms with van der Waals surface area (Å²) in [5.41, 5.74) is 0. The molecule has 8 heteroatoms. The molecule has 0 aliphatic heterocycles. The van der Waals surface area contributed by atoms with E-state index in [2.05, 4.69) is 10.6 Å². The quantitative estimate of drug-likeness (QED) is 0.342. The molecule has 1 heterocycles. The molecule has 0 saturated heterocycles. The molecule has 0 radical (unpaired) electrons. The van der Waals surface area contributed by atoms with Crippen LogP contribution in [0.25, 0.3) is 0 Å². The monoisotopic (exact) mass is 237 g/mol. The van der Waals surface area contributed by atoms with Gasteiger partial charge in [-0.2, -0.15) is 5.26 Å². The first-order valence-electron chi connectivity index (χ1n) is 4.58. The fraction of sp³-hybridized carbons (Fsp3) is 0.500. The van der Waals surface area contributed by atoms with Crippen LogP contribution in [0.3, 0.4) is 0 Å². The highest BCUT2D eigenvalue weighted by molar-refractivity contribution is 6.50. The summed E-state index contributed by atoms with van der Waals surface area (Å²) in [5.74, 6) is 0.